The topological polar surface area (TPSA) is 0 Å². The minimum atomic E-state index is 0.558. The van der Waals surface area contributed by atoms with Crippen LogP contribution in [0.3, 0.4) is 0 Å². The zero-order chi connectivity index (χ0) is 12.9. The Bertz CT molecular complexity index is 576. The second-order valence-electron chi connectivity index (χ2n) is 5.09. The molecule has 3 rings (SSSR count). The molecule has 0 N–H and O–H groups in total. The van der Waals surface area contributed by atoms with Gasteiger partial charge in [-0.15, -0.1) is 0 Å². The van der Waals surface area contributed by atoms with Gasteiger partial charge in [-0.05, 0) is 24.0 Å². The fourth-order valence-electron chi connectivity index (χ4n) is 2.65. The van der Waals surface area contributed by atoms with E-state index in [1.54, 1.807) is 0 Å². The van der Waals surface area contributed by atoms with E-state index in [1.165, 1.54) is 16.7 Å². The minimum absolute atomic E-state index is 0.558. The quantitative estimate of drug-likeness (QED) is 0.740. The first-order valence-corrected chi connectivity index (χ1v) is 6.87. The Morgan fingerprint density at radius 3 is 2.05 bits per heavy atom. The van der Waals surface area contributed by atoms with Gasteiger partial charge in [-0.2, -0.15) is 0 Å². The molecule has 0 aliphatic heterocycles. The number of allylic oxidation sites excluding steroid dienone is 4. The first-order chi connectivity index (χ1) is 9.42. The van der Waals surface area contributed by atoms with E-state index in [0.717, 1.165) is 12.8 Å². The second-order valence-corrected chi connectivity index (χ2v) is 5.09. The van der Waals surface area contributed by atoms with Crippen LogP contribution in [0.25, 0.3) is 0 Å². The van der Waals surface area contributed by atoms with Crippen LogP contribution in [0.2, 0.25) is 0 Å². The molecular weight excluding hydrogens is 228 g/mol. The predicted octanol–water partition coefficient (Wildman–Crippen LogP) is 4.58. The summed E-state index contributed by atoms with van der Waals surface area (Å²) in [5.41, 5.74) is 4.34. The van der Waals surface area contributed by atoms with Gasteiger partial charge in [0.1, 0.15) is 0 Å². The lowest BCUT2D eigenvalue weighted by Crippen LogP contribution is -2.05. The lowest BCUT2D eigenvalue weighted by Gasteiger charge is -2.14. The Labute approximate surface area is 115 Å². The van der Waals surface area contributed by atoms with Gasteiger partial charge in [0, 0.05) is 5.92 Å². The third kappa shape index (κ3) is 3.03. The van der Waals surface area contributed by atoms with E-state index in [2.05, 4.69) is 78.9 Å². The molecular formula is C19H18. The van der Waals surface area contributed by atoms with Crippen LogP contribution < -0.4 is 0 Å². The second kappa shape index (κ2) is 5.71. The molecule has 0 bridgehead atoms. The highest BCUT2D eigenvalue weighted by Crippen LogP contribution is 2.26. The Hall–Kier alpha value is -2.08. The molecule has 1 aliphatic rings. The highest BCUT2D eigenvalue weighted by molar-refractivity contribution is 5.34. The van der Waals surface area contributed by atoms with Crippen molar-refractivity contribution < 1.29 is 0 Å². The smallest absolute Gasteiger partial charge is 0.00267 e. The molecule has 0 heterocycles. The summed E-state index contributed by atoms with van der Waals surface area (Å²) in [5, 5.41) is 0. The first kappa shape index (κ1) is 12.0. The van der Waals surface area contributed by atoms with Gasteiger partial charge < -0.3 is 0 Å². The van der Waals surface area contributed by atoms with E-state index in [0.29, 0.717) is 5.92 Å². The molecule has 1 aliphatic carbocycles. The molecule has 2 aromatic rings. The van der Waals surface area contributed by atoms with Crippen molar-refractivity contribution in [3.63, 3.8) is 0 Å². The Morgan fingerprint density at radius 1 is 0.737 bits per heavy atom. The van der Waals surface area contributed by atoms with Crippen molar-refractivity contribution in [2.24, 2.45) is 5.92 Å². The zero-order valence-electron chi connectivity index (χ0n) is 11.0. The maximum atomic E-state index is 2.32. The number of benzene rings is 2. The molecule has 0 saturated heterocycles. The van der Waals surface area contributed by atoms with Gasteiger partial charge >= 0.3 is 0 Å². The summed E-state index contributed by atoms with van der Waals surface area (Å²) in [5.74, 6) is 0.558. The van der Waals surface area contributed by atoms with E-state index in [1.807, 2.05) is 0 Å². The van der Waals surface area contributed by atoms with Crippen molar-refractivity contribution in [2.45, 2.75) is 12.8 Å². The highest BCUT2D eigenvalue weighted by atomic mass is 14.2. The van der Waals surface area contributed by atoms with Crippen LogP contribution >= 0.6 is 0 Å². The van der Waals surface area contributed by atoms with Crippen molar-refractivity contribution in [2.75, 3.05) is 0 Å². The molecule has 94 valence electrons. The lowest BCUT2D eigenvalue weighted by atomic mass is 9.90. The molecule has 0 amide bonds. The largest absolute Gasteiger partial charge is 0.0770 e. The fourth-order valence-corrected chi connectivity index (χ4v) is 2.65. The monoisotopic (exact) mass is 246 g/mol. The third-order valence-electron chi connectivity index (χ3n) is 3.68. The van der Waals surface area contributed by atoms with E-state index >= 15 is 0 Å². The summed E-state index contributed by atoms with van der Waals surface area (Å²) in [7, 11) is 0. The van der Waals surface area contributed by atoms with Gasteiger partial charge in [0.15, 0.2) is 0 Å². The maximum absolute atomic E-state index is 2.32. The Balaban J connectivity index is 1.70. The van der Waals surface area contributed by atoms with E-state index in [9.17, 15) is 0 Å². The van der Waals surface area contributed by atoms with Gasteiger partial charge in [-0.25, -0.2) is 0 Å². The summed E-state index contributed by atoms with van der Waals surface area (Å²) in [4.78, 5) is 0. The van der Waals surface area contributed by atoms with Crippen LogP contribution in [-0.2, 0) is 12.8 Å². The van der Waals surface area contributed by atoms with Crippen molar-refractivity contribution in [1.29, 1.82) is 0 Å². The summed E-state index contributed by atoms with van der Waals surface area (Å²) in [6.45, 7) is 0. The van der Waals surface area contributed by atoms with Gasteiger partial charge in [0.05, 0.1) is 0 Å². The Morgan fingerprint density at radius 2 is 1.37 bits per heavy atom. The fraction of sp³-hybridized carbons (Fsp3) is 0.158. The van der Waals surface area contributed by atoms with Crippen LogP contribution in [0.4, 0.5) is 0 Å². The molecule has 0 nitrogen and oxygen atoms in total. The molecule has 19 heavy (non-hydrogen) atoms. The standard InChI is InChI=1S/C19H18/c1-3-8-16(9-4-1)14-18-12-7-13-19(18)15-17-10-5-2-6-11-17/h1-13,18H,14-15H2. The number of hydrogen-bond donors (Lipinski definition) is 0. The molecule has 0 heteroatoms. The molecule has 0 saturated carbocycles. The van der Waals surface area contributed by atoms with Crippen LogP contribution in [-0.4, -0.2) is 0 Å². The highest BCUT2D eigenvalue weighted by Gasteiger charge is 2.15. The summed E-state index contributed by atoms with van der Waals surface area (Å²) in [6.07, 6.45) is 8.97. The van der Waals surface area contributed by atoms with Crippen LogP contribution in [0, 0.1) is 5.92 Å². The van der Waals surface area contributed by atoms with Gasteiger partial charge in [-0.3, -0.25) is 0 Å². The van der Waals surface area contributed by atoms with E-state index in [-0.39, 0.29) is 0 Å². The van der Waals surface area contributed by atoms with E-state index < -0.39 is 0 Å². The van der Waals surface area contributed by atoms with Crippen molar-refractivity contribution >= 4 is 0 Å². The first-order valence-electron chi connectivity index (χ1n) is 6.87. The van der Waals surface area contributed by atoms with E-state index in [4.69, 9.17) is 0 Å². The summed E-state index contributed by atoms with van der Waals surface area (Å²) >= 11 is 0. The molecule has 0 fully saturated rings. The van der Waals surface area contributed by atoms with Crippen LogP contribution in [0.1, 0.15) is 11.1 Å². The Kier molecular flexibility index (Phi) is 3.60. The van der Waals surface area contributed by atoms with Crippen LogP contribution in [0.15, 0.2) is 84.5 Å². The molecule has 1 unspecified atom stereocenters. The van der Waals surface area contributed by atoms with Crippen molar-refractivity contribution in [3.8, 4) is 0 Å². The van der Waals surface area contributed by atoms with Crippen LogP contribution in [0.5, 0.6) is 0 Å². The number of hydrogen-bond acceptors (Lipinski definition) is 0. The molecule has 1 atom stereocenters. The normalized spacial score (nSPS) is 17.5. The van der Waals surface area contributed by atoms with Gasteiger partial charge in [0.25, 0.3) is 0 Å². The average molecular weight is 246 g/mol. The molecule has 0 radical (unpaired) electrons. The molecule has 0 aromatic heterocycles. The minimum Gasteiger partial charge on any atom is -0.0770 e. The lowest BCUT2D eigenvalue weighted by molar-refractivity contribution is 0.742. The maximum Gasteiger partial charge on any atom is 0.00267 e. The summed E-state index contributed by atoms with van der Waals surface area (Å²) in [6, 6.07) is 21.5. The van der Waals surface area contributed by atoms with Crippen molar-refractivity contribution in [3.05, 3.63) is 95.6 Å². The SMILES string of the molecule is C1=CC(Cc2ccccc2)C(Cc2ccccc2)=C1. The average Bonchev–Trinajstić information content (AvgIpc) is 2.88. The summed E-state index contributed by atoms with van der Waals surface area (Å²) < 4.78 is 0. The number of rotatable bonds is 4. The molecule has 0 spiro atoms. The third-order valence-corrected chi connectivity index (χ3v) is 3.68. The van der Waals surface area contributed by atoms with Crippen molar-refractivity contribution in [1.82, 2.24) is 0 Å². The van der Waals surface area contributed by atoms with Gasteiger partial charge in [-0.1, -0.05) is 84.5 Å². The zero-order valence-corrected chi connectivity index (χ0v) is 11.0. The molecule has 2 aromatic carbocycles. The van der Waals surface area contributed by atoms with Gasteiger partial charge in [0.2, 0.25) is 0 Å². The predicted molar refractivity (Wildman–Crippen MR) is 81.0 cm³/mol.